The molecular weight excluding hydrogens is 378 g/mol. The Hall–Kier alpha value is -1.79. The summed E-state index contributed by atoms with van der Waals surface area (Å²) in [6.07, 6.45) is 8.64. The molecular formula is C21H30ClN3O3. The number of phenolic OH excluding ortho intramolecular Hbond substituents is 1. The van der Waals surface area contributed by atoms with Crippen LogP contribution in [0, 0.1) is 5.92 Å². The topological polar surface area (TPSA) is 81.7 Å². The van der Waals surface area contributed by atoms with Gasteiger partial charge in [0.15, 0.2) is 0 Å². The summed E-state index contributed by atoms with van der Waals surface area (Å²) in [6, 6.07) is 2.81. The van der Waals surface area contributed by atoms with E-state index in [-0.39, 0.29) is 34.2 Å². The molecule has 1 saturated carbocycles. The van der Waals surface area contributed by atoms with Crippen LogP contribution in [0.2, 0.25) is 5.02 Å². The van der Waals surface area contributed by atoms with Crippen molar-refractivity contribution in [3.05, 3.63) is 22.7 Å². The summed E-state index contributed by atoms with van der Waals surface area (Å²) in [5.74, 6) is 0.0134. The molecule has 1 aliphatic carbocycles. The van der Waals surface area contributed by atoms with E-state index in [2.05, 4.69) is 15.5 Å². The first-order valence-corrected chi connectivity index (χ1v) is 10.6. The van der Waals surface area contributed by atoms with Gasteiger partial charge in [-0.15, -0.1) is 0 Å². The van der Waals surface area contributed by atoms with Crippen molar-refractivity contribution in [1.29, 1.82) is 0 Å². The van der Waals surface area contributed by atoms with Crippen molar-refractivity contribution in [2.75, 3.05) is 25.0 Å². The maximum absolute atomic E-state index is 12.6. The predicted octanol–water partition coefficient (Wildman–Crippen LogP) is 3.78. The van der Waals surface area contributed by atoms with E-state index in [0.29, 0.717) is 5.69 Å². The third kappa shape index (κ3) is 5.61. The second-order valence-electron chi connectivity index (χ2n) is 8.08. The Kier molecular flexibility index (Phi) is 7.18. The average molecular weight is 408 g/mol. The van der Waals surface area contributed by atoms with Crippen LogP contribution < -0.4 is 10.6 Å². The van der Waals surface area contributed by atoms with E-state index in [1.165, 1.54) is 57.7 Å². The molecule has 2 aliphatic rings. The van der Waals surface area contributed by atoms with Gasteiger partial charge in [0.25, 0.3) is 5.91 Å². The monoisotopic (exact) mass is 407 g/mol. The first-order chi connectivity index (χ1) is 13.4. The van der Waals surface area contributed by atoms with Crippen molar-refractivity contribution in [2.24, 2.45) is 5.92 Å². The Morgan fingerprint density at radius 1 is 1.14 bits per heavy atom. The van der Waals surface area contributed by atoms with Crippen LogP contribution in [0.4, 0.5) is 5.69 Å². The highest BCUT2D eigenvalue weighted by Gasteiger charge is 2.25. The summed E-state index contributed by atoms with van der Waals surface area (Å²) in [4.78, 5) is 26.3. The Labute approximate surface area is 171 Å². The summed E-state index contributed by atoms with van der Waals surface area (Å²) < 4.78 is 0. The third-order valence-electron chi connectivity index (χ3n) is 5.80. The van der Waals surface area contributed by atoms with Crippen LogP contribution in [-0.2, 0) is 4.79 Å². The molecule has 0 radical (unpaired) electrons. The predicted molar refractivity (Wildman–Crippen MR) is 111 cm³/mol. The highest BCUT2D eigenvalue weighted by molar-refractivity contribution is 6.34. The van der Waals surface area contributed by atoms with Gasteiger partial charge in [-0.3, -0.25) is 9.59 Å². The molecule has 2 fully saturated rings. The summed E-state index contributed by atoms with van der Waals surface area (Å²) in [5.41, 5.74) is 0.419. The highest BCUT2D eigenvalue weighted by Crippen LogP contribution is 2.31. The number of rotatable bonds is 5. The van der Waals surface area contributed by atoms with E-state index in [1.54, 1.807) is 0 Å². The summed E-state index contributed by atoms with van der Waals surface area (Å²) >= 11 is 6.13. The number of phenols is 1. The lowest BCUT2D eigenvalue weighted by Crippen LogP contribution is -2.46. The molecule has 3 rings (SSSR count). The molecule has 7 heteroatoms. The molecule has 0 bridgehead atoms. The fourth-order valence-corrected chi connectivity index (χ4v) is 4.50. The molecule has 0 aromatic heterocycles. The maximum atomic E-state index is 12.6. The second kappa shape index (κ2) is 9.61. The number of halogens is 1. The minimum atomic E-state index is -0.334. The lowest BCUT2D eigenvalue weighted by molar-refractivity contribution is -0.114. The number of aromatic hydroxyl groups is 1. The lowest BCUT2D eigenvalue weighted by atomic mass is 9.88. The van der Waals surface area contributed by atoms with Gasteiger partial charge in [-0.1, -0.05) is 30.9 Å². The minimum absolute atomic E-state index is 0.100. The van der Waals surface area contributed by atoms with E-state index < -0.39 is 0 Å². The molecule has 1 aromatic rings. The van der Waals surface area contributed by atoms with Gasteiger partial charge in [-0.2, -0.15) is 0 Å². The molecule has 0 spiro atoms. The van der Waals surface area contributed by atoms with Gasteiger partial charge < -0.3 is 20.6 Å². The van der Waals surface area contributed by atoms with Crippen molar-refractivity contribution in [3.8, 4) is 5.75 Å². The van der Waals surface area contributed by atoms with Crippen LogP contribution in [-0.4, -0.2) is 47.5 Å². The molecule has 3 N–H and O–H groups in total. The normalized spacial score (nSPS) is 19.4. The van der Waals surface area contributed by atoms with Crippen LogP contribution in [0.15, 0.2) is 12.1 Å². The van der Waals surface area contributed by atoms with Gasteiger partial charge in [-0.25, -0.2) is 0 Å². The lowest BCUT2D eigenvalue weighted by Gasteiger charge is -2.35. The number of carbonyl (C=O) groups is 2. The fraction of sp³-hybridized carbons (Fsp3) is 0.619. The average Bonchev–Trinajstić information content (AvgIpc) is 2.66. The molecule has 2 amide bonds. The number of nitrogens with zero attached hydrogens (tertiary/aromatic N) is 1. The van der Waals surface area contributed by atoms with Crippen molar-refractivity contribution in [3.63, 3.8) is 0 Å². The zero-order chi connectivity index (χ0) is 20.1. The van der Waals surface area contributed by atoms with Crippen LogP contribution in [0.25, 0.3) is 0 Å². The van der Waals surface area contributed by atoms with Crippen molar-refractivity contribution in [2.45, 2.75) is 57.9 Å². The van der Waals surface area contributed by atoms with Gasteiger partial charge >= 0.3 is 0 Å². The van der Waals surface area contributed by atoms with Crippen LogP contribution in [0.3, 0.4) is 0 Å². The summed E-state index contributed by atoms with van der Waals surface area (Å²) in [6.45, 7) is 4.53. The number of anilines is 1. The second-order valence-corrected chi connectivity index (χ2v) is 8.49. The van der Waals surface area contributed by atoms with E-state index >= 15 is 0 Å². The first kappa shape index (κ1) is 20.9. The molecule has 0 atom stereocenters. The Balaban J connectivity index is 1.51. The number of hydrogen-bond donors (Lipinski definition) is 3. The Bertz CT molecular complexity index is 711. The van der Waals surface area contributed by atoms with Gasteiger partial charge in [0.05, 0.1) is 16.3 Å². The van der Waals surface area contributed by atoms with Gasteiger partial charge in [0, 0.05) is 38.7 Å². The van der Waals surface area contributed by atoms with E-state index in [1.807, 2.05) is 0 Å². The molecule has 1 aliphatic heterocycles. The first-order valence-electron chi connectivity index (χ1n) is 10.3. The summed E-state index contributed by atoms with van der Waals surface area (Å²) in [7, 11) is 0. The number of carbonyl (C=O) groups excluding carboxylic acids is 2. The molecule has 1 aromatic carbocycles. The number of amides is 2. The SMILES string of the molecule is CC(=O)Nc1cc(O)c(C(=O)NC2CCN(CC3CCCCC3)CC2)cc1Cl. The van der Waals surface area contributed by atoms with Crippen molar-refractivity contribution >= 4 is 29.1 Å². The molecule has 1 saturated heterocycles. The van der Waals surface area contributed by atoms with E-state index in [4.69, 9.17) is 11.6 Å². The number of piperidine rings is 1. The zero-order valence-electron chi connectivity index (χ0n) is 16.5. The van der Waals surface area contributed by atoms with Gasteiger partial charge in [0.2, 0.25) is 5.91 Å². The van der Waals surface area contributed by atoms with Crippen LogP contribution in [0.1, 0.15) is 62.2 Å². The van der Waals surface area contributed by atoms with Gasteiger partial charge in [-0.05, 0) is 37.7 Å². The zero-order valence-corrected chi connectivity index (χ0v) is 17.2. The molecule has 1 heterocycles. The third-order valence-corrected chi connectivity index (χ3v) is 6.12. The molecule has 0 unspecified atom stereocenters. The smallest absolute Gasteiger partial charge is 0.255 e. The van der Waals surface area contributed by atoms with E-state index in [9.17, 15) is 14.7 Å². The van der Waals surface area contributed by atoms with Crippen LogP contribution >= 0.6 is 11.6 Å². The maximum Gasteiger partial charge on any atom is 0.255 e. The van der Waals surface area contributed by atoms with Crippen molar-refractivity contribution in [1.82, 2.24) is 10.2 Å². The Morgan fingerprint density at radius 2 is 1.82 bits per heavy atom. The molecule has 6 nitrogen and oxygen atoms in total. The molecule has 28 heavy (non-hydrogen) atoms. The minimum Gasteiger partial charge on any atom is -0.507 e. The molecule has 154 valence electrons. The van der Waals surface area contributed by atoms with Gasteiger partial charge in [0.1, 0.15) is 5.75 Å². The number of likely N-dealkylation sites (tertiary alicyclic amines) is 1. The summed E-state index contributed by atoms with van der Waals surface area (Å²) in [5, 5.41) is 15.9. The number of benzene rings is 1. The van der Waals surface area contributed by atoms with E-state index in [0.717, 1.165) is 31.8 Å². The largest absolute Gasteiger partial charge is 0.507 e. The van der Waals surface area contributed by atoms with Crippen LogP contribution in [0.5, 0.6) is 5.75 Å². The fourth-order valence-electron chi connectivity index (χ4n) is 4.29. The quantitative estimate of drug-likeness (QED) is 0.693. The number of hydrogen-bond acceptors (Lipinski definition) is 4. The standard InChI is InChI=1S/C21H30ClN3O3/c1-14(26)23-19-12-20(27)17(11-18(19)22)21(28)24-16-7-9-25(10-8-16)13-15-5-3-2-4-6-15/h11-12,15-16,27H,2-10,13H2,1H3,(H,23,26)(H,24,28). The Morgan fingerprint density at radius 3 is 2.46 bits per heavy atom. The highest BCUT2D eigenvalue weighted by atomic mass is 35.5. The van der Waals surface area contributed by atoms with Crippen molar-refractivity contribution < 1.29 is 14.7 Å². The number of nitrogens with one attached hydrogen (secondary N) is 2.